The number of nitrogens with zero attached hydrogens (tertiary/aromatic N) is 1. The zero-order valence-corrected chi connectivity index (χ0v) is 11.1. The summed E-state index contributed by atoms with van der Waals surface area (Å²) in [5.74, 6) is -8.06. The van der Waals surface area contributed by atoms with Crippen molar-refractivity contribution in [3.05, 3.63) is 51.8 Å². The number of aryl methyl sites for hydroxylation is 1. The Kier molecular flexibility index (Phi) is 3.75. The predicted octanol–water partition coefficient (Wildman–Crippen LogP) is 4.50. The van der Waals surface area contributed by atoms with Gasteiger partial charge in [-0.15, -0.1) is 0 Å². The number of hydrogen-bond acceptors (Lipinski definition) is 2. The lowest BCUT2D eigenvalue weighted by Crippen LogP contribution is -2.03. The van der Waals surface area contributed by atoms with E-state index in [0.29, 0.717) is 4.47 Å². The average Bonchev–Trinajstić information content (AvgIpc) is 2.34. The van der Waals surface area contributed by atoms with Gasteiger partial charge >= 0.3 is 0 Å². The summed E-state index contributed by atoms with van der Waals surface area (Å²) in [4.78, 5) is 2.44. The van der Waals surface area contributed by atoms with Crippen LogP contribution >= 0.6 is 15.9 Å². The average molecular weight is 336 g/mol. The quantitative estimate of drug-likeness (QED) is 0.595. The van der Waals surface area contributed by atoms with Gasteiger partial charge in [-0.1, -0.05) is 6.07 Å². The smallest absolute Gasteiger partial charge is 0.255 e. The van der Waals surface area contributed by atoms with E-state index in [0.717, 1.165) is 5.56 Å². The molecular weight excluding hydrogens is 330 g/mol. The van der Waals surface area contributed by atoms with Crippen molar-refractivity contribution in [2.45, 2.75) is 6.92 Å². The fourth-order valence-electron chi connectivity index (χ4n) is 1.36. The molecule has 100 valence electrons. The summed E-state index contributed by atoms with van der Waals surface area (Å²) in [5.41, 5.74) is 0.868. The lowest BCUT2D eigenvalue weighted by molar-refractivity contribution is 0.342. The van der Waals surface area contributed by atoms with E-state index in [1.54, 1.807) is 19.1 Å². The molecule has 19 heavy (non-hydrogen) atoms. The highest BCUT2D eigenvalue weighted by Crippen LogP contribution is 2.34. The van der Waals surface area contributed by atoms with Gasteiger partial charge in [0.1, 0.15) is 5.75 Å². The molecule has 0 unspecified atom stereocenters. The Bertz CT molecular complexity index is 622. The van der Waals surface area contributed by atoms with Crippen molar-refractivity contribution in [1.29, 1.82) is 0 Å². The van der Waals surface area contributed by atoms with E-state index < -0.39 is 29.3 Å². The van der Waals surface area contributed by atoms with Crippen molar-refractivity contribution in [3.63, 3.8) is 0 Å². The summed E-state index contributed by atoms with van der Waals surface area (Å²) < 4.78 is 57.8. The van der Waals surface area contributed by atoms with Gasteiger partial charge in [-0.25, -0.2) is 0 Å². The Hall–Kier alpha value is -1.63. The van der Waals surface area contributed by atoms with Gasteiger partial charge in [-0.05, 0) is 40.5 Å². The van der Waals surface area contributed by atoms with Crippen LogP contribution < -0.4 is 4.74 Å². The molecule has 0 fully saturated rings. The molecule has 0 aliphatic heterocycles. The van der Waals surface area contributed by atoms with Crippen molar-refractivity contribution >= 4 is 15.9 Å². The summed E-state index contributed by atoms with van der Waals surface area (Å²) in [6.45, 7) is 1.79. The van der Waals surface area contributed by atoms with E-state index in [1.165, 1.54) is 6.07 Å². The van der Waals surface area contributed by atoms with E-state index >= 15 is 0 Å². The minimum Gasteiger partial charge on any atom is -0.450 e. The summed E-state index contributed by atoms with van der Waals surface area (Å²) in [7, 11) is 0. The minimum atomic E-state index is -1.77. The molecule has 2 rings (SSSR count). The number of pyridine rings is 1. The van der Waals surface area contributed by atoms with Crippen LogP contribution in [0.25, 0.3) is 0 Å². The van der Waals surface area contributed by atoms with Crippen LogP contribution in [0.2, 0.25) is 0 Å². The first-order valence-corrected chi connectivity index (χ1v) is 5.83. The molecule has 0 amide bonds. The van der Waals surface area contributed by atoms with Crippen molar-refractivity contribution in [2.75, 3.05) is 0 Å². The second-order valence-corrected chi connectivity index (χ2v) is 4.54. The van der Waals surface area contributed by atoms with Crippen molar-refractivity contribution < 1.29 is 22.3 Å². The highest BCUT2D eigenvalue weighted by molar-refractivity contribution is 9.10. The van der Waals surface area contributed by atoms with E-state index in [1.807, 2.05) is 0 Å². The van der Waals surface area contributed by atoms with Gasteiger partial charge in [-0.2, -0.15) is 22.5 Å². The molecule has 7 heteroatoms. The molecule has 0 bridgehead atoms. The Morgan fingerprint density at radius 1 is 1.05 bits per heavy atom. The molecule has 0 atom stereocenters. The van der Waals surface area contributed by atoms with Crippen LogP contribution in [-0.4, -0.2) is 4.98 Å². The molecule has 2 aromatic rings. The van der Waals surface area contributed by atoms with E-state index in [9.17, 15) is 17.6 Å². The van der Waals surface area contributed by atoms with Crippen LogP contribution in [0.15, 0.2) is 22.7 Å². The summed E-state index contributed by atoms with van der Waals surface area (Å²) in [6.07, 6.45) is 0. The third-order valence-electron chi connectivity index (χ3n) is 2.26. The number of benzene rings is 1. The molecule has 2 nitrogen and oxygen atoms in total. The molecule has 0 aliphatic carbocycles. The van der Waals surface area contributed by atoms with E-state index in [-0.39, 0.29) is 5.75 Å². The Balaban J connectivity index is 2.49. The monoisotopic (exact) mass is 335 g/mol. The normalized spacial score (nSPS) is 10.6. The maximum atomic E-state index is 13.4. The van der Waals surface area contributed by atoms with Gasteiger partial charge in [0.05, 0.1) is 4.47 Å². The highest BCUT2D eigenvalue weighted by atomic mass is 79.9. The second kappa shape index (κ2) is 5.16. The molecule has 0 aliphatic rings. The van der Waals surface area contributed by atoms with E-state index in [4.69, 9.17) is 4.74 Å². The van der Waals surface area contributed by atoms with Gasteiger partial charge in [0.25, 0.3) is 11.9 Å². The third kappa shape index (κ3) is 2.70. The fourth-order valence-corrected chi connectivity index (χ4v) is 1.93. The van der Waals surface area contributed by atoms with Gasteiger partial charge in [0, 0.05) is 0 Å². The molecule has 0 spiro atoms. The van der Waals surface area contributed by atoms with Crippen LogP contribution in [0, 0.1) is 30.5 Å². The summed E-state index contributed by atoms with van der Waals surface area (Å²) in [5, 5.41) is 0. The standard InChI is InChI=1S/C12H6BrF4NO/c1-5-2-3-7(6(13)4-5)19-10-8(14)11(16)18-12(17)9(10)15/h2-4H,1H3. The SMILES string of the molecule is Cc1ccc(Oc2c(F)c(F)nc(F)c2F)c(Br)c1. The largest absolute Gasteiger partial charge is 0.450 e. The van der Waals surface area contributed by atoms with E-state index in [2.05, 4.69) is 20.9 Å². The molecule has 1 heterocycles. The first-order chi connectivity index (χ1) is 8.90. The van der Waals surface area contributed by atoms with Crippen LogP contribution in [0.3, 0.4) is 0 Å². The van der Waals surface area contributed by atoms with Crippen LogP contribution in [0.4, 0.5) is 17.6 Å². The van der Waals surface area contributed by atoms with Gasteiger partial charge < -0.3 is 4.74 Å². The summed E-state index contributed by atoms with van der Waals surface area (Å²) in [6, 6.07) is 4.65. The molecule has 1 aromatic heterocycles. The lowest BCUT2D eigenvalue weighted by Gasteiger charge is -2.10. The fraction of sp³-hybridized carbons (Fsp3) is 0.0833. The lowest BCUT2D eigenvalue weighted by atomic mass is 10.2. The molecule has 0 radical (unpaired) electrons. The maximum absolute atomic E-state index is 13.4. The molecule has 0 saturated carbocycles. The molecular formula is C12H6BrF4NO. The van der Waals surface area contributed by atoms with Gasteiger partial charge in [0.2, 0.25) is 17.4 Å². The van der Waals surface area contributed by atoms with Gasteiger partial charge in [-0.3, -0.25) is 0 Å². The molecule has 1 aromatic carbocycles. The van der Waals surface area contributed by atoms with Crippen molar-refractivity contribution in [2.24, 2.45) is 0 Å². The van der Waals surface area contributed by atoms with Crippen molar-refractivity contribution in [3.8, 4) is 11.5 Å². The zero-order valence-electron chi connectivity index (χ0n) is 9.48. The third-order valence-corrected chi connectivity index (χ3v) is 2.88. The molecule has 0 N–H and O–H groups in total. The number of rotatable bonds is 2. The summed E-state index contributed by atoms with van der Waals surface area (Å²) >= 11 is 3.12. The van der Waals surface area contributed by atoms with Crippen LogP contribution in [0.1, 0.15) is 5.56 Å². The first-order valence-electron chi connectivity index (χ1n) is 5.04. The Labute approximate surface area is 114 Å². The number of hydrogen-bond donors (Lipinski definition) is 0. The van der Waals surface area contributed by atoms with Gasteiger partial charge in [0.15, 0.2) is 0 Å². The van der Waals surface area contributed by atoms with Crippen LogP contribution in [0.5, 0.6) is 11.5 Å². The van der Waals surface area contributed by atoms with Crippen LogP contribution in [-0.2, 0) is 0 Å². The topological polar surface area (TPSA) is 22.1 Å². The number of aromatic nitrogens is 1. The highest BCUT2D eigenvalue weighted by Gasteiger charge is 2.23. The number of ether oxygens (including phenoxy) is 1. The number of halogens is 5. The Morgan fingerprint density at radius 3 is 2.16 bits per heavy atom. The first kappa shape index (κ1) is 13.8. The van der Waals surface area contributed by atoms with Crippen molar-refractivity contribution in [1.82, 2.24) is 4.98 Å². The molecule has 0 saturated heterocycles. The minimum absolute atomic E-state index is 0.0217. The maximum Gasteiger partial charge on any atom is 0.255 e. The Morgan fingerprint density at radius 2 is 1.63 bits per heavy atom. The second-order valence-electron chi connectivity index (χ2n) is 3.69. The predicted molar refractivity (Wildman–Crippen MR) is 63.0 cm³/mol. The zero-order chi connectivity index (χ0) is 14.2.